The molecule has 0 aliphatic heterocycles. The molecule has 1 saturated carbocycles. The van der Waals surface area contributed by atoms with Gasteiger partial charge in [0, 0.05) is 26.1 Å². The molecule has 35 heavy (non-hydrogen) atoms. The number of aliphatic carboxylic acids is 1. The van der Waals surface area contributed by atoms with Gasteiger partial charge in [0.15, 0.2) is 0 Å². The lowest BCUT2D eigenvalue weighted by Gasteiger charge is -2.30. The summed E-state index contributed by atoms with van der Waals surface area (Å²) in [4.78, 5) is 38.8. The summed E-state index contributed by atoms with van der Waals surface area (Å²) in [7, 11) is 1.47. The number of alkyl carbamates (subject to hydrolysis) is 1. The Morgan fingerprint density at radius 2 is 1.66 bits per heavy atom. The zero-order chi connectivity index (χ0) is 24.9. The van der Waals surface area contributed by atoms with E-state index in [0.29, 0.717) is 12.5 Å². The molecular formula is C27H32N2O6. The van der Waals surface area contributed by atoms with Gasteiger partial charge < -0.3 is 24.8 Å². The molecule has 4 rings (SSSR count). The Morgan fingerprint density at radius 3 is 2.20 bits per heavy atom. The molecule has 2 aliphatic carbocycles. The Balaban J connectivity index is 1.43. The fraction of sp³-hybridized carbons (Fsp3) is 0.444. The Morgan fingerprint density at radius 1 is 1.06 bits per heavy atom. The Bertz CT molecular complexity index is 1040. The molecule has 2 aliphatic rings. The van der Waals surface area contributed by atoms with E-state index in [2.05, 4.69) is 17.4 Å². The van der Waals surface area contributed by atoms with Gasteiger partial charge in [0.25, 0.3) is 0 Å². The molecule has 0 heterocycles. The van der Waals surface area contributed by atoms with Gasteiger partial charge in [0.1, 0.15) is 12.6 Å². The number of fused-ring (bicyclic) bond motifs is 3. The number of carboxylic acid groups (broad SMARTS) is 1. The van der Waals surface area contributed by atoms with E-state index in [1.807, 2.05) is 36.4 Å². The minimum atomic E-state index is -0.983. The van der Waals surface area contributed by atoms with E-state index in [1.54, 1.807) is 6.92 Å². The molecule has 8 heteroatoms. The summed E-state index contributed by atoms with van der Waals surface area (Å²) in [5, 5.41) is 11.8. The molecule has 0 unspecified atom stereocenters. The fourth-order valence-corrected chi connectivity index (χ4v) is 4.61. The van der Waals surface area contributed by atoms with Crippen LogP contribution in [0, 0.1) is 5.92 Å². The number of carbonyl (C=O) groups is 3. The fourth-order valence-electron chi connectivity index (χ4n) is 4.61. The lowest BCUT2D eigenvalue weighted by Crippen LogP contribution is -2.55. The van der Waals surface area contributed by atoms with Crippen LogP contribution in [0.15, 0.2) is 48.5 Å². The van der Waals surface area contributed by atoms with Gasteiger partial charge in [-0.3, -0.25) is 9.59 Å². The van der Waals surface area contributed by atoms with Crippen molar-refractivity contribution in [2.45, 2.75) is 44.2 Å². The van der Waals surface area contributed by atoms with Gasteiger partial charge >= 0.3 is 12.1 Å². The van der Waals surface area contributed by atoms with Crippen LogP contribution in [0.3, 0.4) is 0 Å². The van der Waals surface area contributed by atoms with Crippen molar-refractivity contribution in [3.05, 3.63) is 59.7 Å². The normalized spacial score (nSPS) is 16.1. The first-order chi connectivity index (χ1) is 16.9. The van der Waals surface area contributed by atoms with Gasteiger partial charge in [-0.05, 0) is 47.9 Å². The van der Waals surface area contributed by atoms with Crippen molar-refractivity contribution in [3.63, 3.8) is 0 Å². The Kier molecular flexibility index (Phi) is 7.70. The average molecular weight is 481 g/mol. The molecule has 8 nitrogen and oxygen atoms in total. The number of nitrogens with zero attached hydrogens (tertiary/aromatic N) is 1. The Labute approximate surface area is 205 Å². The molecule has 2 amide bonds. The summed E-state index contributed by atoms with van der Waals surface area (Å²) in [6.45, 7) is 2.39. The van der Waals surface area contributed by atoms with E-state index >= 15 is 0 Å². The van der Waals surface area contributed by atoms with Gasteiger partial charge in [-0.1, -0.05) is 48.5 Å². The number of rotatable bonds is 11. The number of carboxylic acids is 1. The number of carbonyl (C=O) groups excluding carboxylic acids is 2. The van der Waals surface area contributed by atoms with E-state index < -0.39 is 24.2 Å². The van der Waals surface area contributed by atoms with E-state index in [4.69, 9.17) is 14.6 Å². The van der Waals surface area contributed by atoms with Crippen molar-refractivity contribution < 1.29 is 29.0 Å². The quantitative estimate of drug-likeness (QED) is 0.509. The molecule has 0 aromatic heterocycles. The summed E-state index contributed by atoms with van der Waals surface area (Å²) in [6, 6.07) is 15.2. The molecule has 2 aromatic carbocycles. The van der Waals surface area contributed by atoms with Gasteiger partial charge in [0.05, 0.1) is 12.5 Å². The van der Waals surface area contributed by atoms with Crippen molar-refractivity contribution in [3.8, 4) is 11.1 Å². The number of hydrogen-bond donors (Lipinski definition) is 2. The van der Waals surface area contributed by atoms with E-state index in [-0.39, 0.29) is 31.4 Å². The Hall–Kier alpha value is -3.39. The topological polar surface area (TPSA) is 105 Å². The van der Waals surface area contributed by atoms with Crippen LogP contribution < -0.4 is 5.32 Å². The minimum absolute atomic E-state index is 0.0873. The lowest BCUT2D eigenvalue weighted by atomic mass is 9.98. The minimum Gasteiger partial charge on any atom is -0.481 e. The zero-order valence-electron chi connectivity index (χ0n) is 20.1. The highest BCUT2D eigenvalue weighted by Crippen LogP contribution is 2.44. The third-order valence-electron chi connectivity index (χ3n) is 6.81. The first-order valence-electron chi connectivity index (χ1n) is 12.0. The number of amides is 2. The second-order valence-electron chi connectivity index (χ2n) is 9.26. The summed E-state index contributed by atoms with van der Waals surface area (Å²) in [6.07, 6.45) is 0.549. The van der Waals surface area contributed by atoms with Crippen LogP contribution in [0.5, 0.6) is 0 Å². The van der Waals surface area contributed by atoms with Crippen LogP contribution in [-0.4, -0.2) is 66.9 Å². The molecule has 0 bridgehead atoms. The van der Waals surface area contributed by atoms with E-state index in [0.717, 1.165) is 35.1 Å². The van der Waals surface area contributed by atoms with Crippen LogP contribution >= 0.6 is 0 Å². The molecule has 0 radical (unpaired) electrons. The number of ether oxygens (including phenoxy) is 2. The molecule has 1 fully saturated rings. The van der Waals surface area contributed by atoms with Crippen molar-refractivity contribution >= 4 is 18.0 Å². The van der Waals surface area contributed by atoms with Crippen LogP contribution in [0.25, 0.3) is 11.1 Å². The SMILES string of the molecule is CO[C@H](C)[C@H](NC(=O)OCC1c2ccccc2-c2ccccc21)C(=O)N(CCC(=O)O)CC1CC1. The van der Waals surface area contributed by atoms with Crippen LogP contribution in [0.4, 0.5) is 4.79 Å². The predicted molar refractivity (Wildman–Crippen MR) is 130 cm³/mol. The maximum absolute atomic E-state index is 13.3. The second-order valence-corrected chi connectivity index (χ2v) is 9.26. The van der Waals surface area contributed by atoms with Gasteiger partial charge in [0.2, 0.25) is 5.91 Å². The highest BCUT2D eigenvalue weighted by Gasteiger charge is 2.35. The third kappa shape index (κ3) is 5.82. The van der Waals surface area contributed by atoms with Crippen LogP contribution in [-0.2, 0) is 19.1 Å². The number of nitrogens with one attached hydrogen (secondary N) is 1. The first kappa shape index (κ1) is 24.7. The maximum atomic E-state index is 13.3. The molecule has 2 atom stereocenters. The van der Waals surface area contributed by atoms with Gasteiger partial charge in [-0.2, -0.15) is 0 Å². The van der Waals surface area contributed by atoms with Crippen molar-refractivity contribution in [2.24, 2.45) is 5.92 Å². The van der Waals surface area contributed by atoms with Crippen LogP contribution in [0.2, 0.25) is 0 Å². The highest BCUT2D eigenvalue weighted by molar-refractivity contribution is 5.87. The molecular weight excluding hydrogens is 448 g/mol. The second kappa shape index (κ2) is 10.9. The smallest absolute Gasteiger partial charge is 0.407 e. The van der Waals surface area contributed by atoms with Crippen LogP contribution in [0.1, 0.15) is 43.2 Å². The van der Waals surface area contributed by atoms with E-state index in [9.17, 15) is 14.4 Å². The lowest BCUT2D eigenvalue weighted by molar-refractivity contribution is -0.140. The summed E-state index contributed by atoms with van der Waals surface area (Å²) in [5.74, 6) is -1.05. The standard InChI is InChI=1S/C27H32N2O6/c1-17(34-2)25(26(32)29(14-13-24(30)31)15-18-11-12-18)28-27(33)35-16-23-21-9-5-3-7-19(21)20-8-4-6-10-22(20)23/h3-10,17-18,23,25H,11-16H2,1-2H3,(H,28,33)(H,30,31)/t17-,25+/m1/s1. The predicted octanol–water partition coefficient (Wildman–Crippen LogP) is 3.64. The van der Waals surface area contributed by atoms with Gasteiger partial charge in [-0.25, -0.2) is 4.79 Å². The van der Waals surface area contributed by atoms with E-state index in [1.165, 1.54) is 12.0 Å². The number of methoxy groups -OCH3 is 1. The van der Waals surface area contributed by atoms with Crippen molar-refractivity contribution in [1.29, 1.82) is 0 Å². The molecule has 2 N–H and O–H groups in total. The largest absolute Gasteiger partial charge is 0.481 e. The summed E-state index contributed by atoms with van der Waals surface area (Å²) in [5.41, 5.74) is 4.46. The summed E-state index contributed by atoms with van der Waals surface area (Å²) < 4.78 is 11.0. The zero-order valence-corrected chi connectivity index (χ0v) is 20.1. The van der Waals surface area contributed by atoms with Gasteiger partial charge in [-0.15, -0.1) is 0 Å². The molecule has 0 spiro atoms. The number of hydrogen-bond acceptors (Lipinski definition) is 5. The average Bonchev–Trinajstić information content (AvgIpc) is 3.63. The van der Waals surface area contributed by atoms with Crippen molar-refractivity contribution in [2.75, 3.05) is 26.8 Å². The molecule has 2 aromatic rings. The van der Waals surface area contributed by atoms with Crippen molar-refractivity contribution in [1.82, 2.24) is 10.2 Å². The molecule has 0 saturated heterocycles. The number of benzene rings is 2. The highest BCUT2D eigenvalue weighted by atomic mass is 16.5. The summed E-state index contributed by atoms with van der Waals surface area (Å²) >= 11 is 0. The third-order valence-corrected chi connectivity index (χ3v) is 6.81. The maximum Gasteiger partial charge on any atom is 0.407 e. The monoisotopic (exact) mass is 480 g/mol. The molecule has 186 valence electrons. The first-order valence-corrected chi connectivity index (χ1v) is 12.0.